The fourth-order valence-electron chi connectivity index (χ4n) is 5.93. The van der Waals surface area contributed by atoms with Crippen LogP contribution in [-0.2, 0) is 5.41 Å². The Labute approximate surface area is 236 Å². The lowest BCUT2D eigenvalue weighted by Crippen LogP contribution is -2.43. The van der Waals surface area contributed by atoms with E-state index >= 15 is 0 Å². The summed E-state index contributed by atoms with van der Waals surface area (Å²) in [6, 6.07) is 21.1. The molecule has 1 radical (unpaired) electrons. The van der Waals surface area contributed by atoms with Gasteiger partial charge in [-0.05, 0) is 66.1 Å². The second-order valence-corrected chi connectivity index (χ2v) is 11.9. The minimum absolute atomic E-state index is 0.111. The Balaban J connectivity index is 1.31. The molecule has 2 N–H and O–H groups in total. The highest BCUT2D eigenvalue weighted by atomic mass is 15.5. The number of benzene rings is 2. The second kappa shape index (κ2) is 9.40. The third-order valence-electron chi connectivity index (χ3n) is 8.19. The Morgan fingerprint density at radius 2 is 1.57 bits per heavy atom. The summed E-state index contributed by atoms with van der Waals surface area (Å²) in [7, 11) is 2.20. The van der Waals surface area contributed by atoms with Crippen molar-refractivity contribution in [3.8, 4) is 17.1 Å². The molecule has 2 aromatic heterocycles. The van der Waals surface area contributed by atoms with Gasteiger partial charge in [-0.1, -0.05) is 62.4 Å². The van der Waals surface area contributed by atoms with Crippen molar-refractivity contribution in [2.45, 2.75) is 45.4 Å². The zero-order chi connectivity index (χ0) is 27.4. The van der Waals surface area contributed by atoms with E-state index in [2.05, 4.69) is 113 Å². The molecule has 0 bridgehead atoms. The first-order valence-corrected chi connectivity index (χ1v) is 14.2. The predicted octanol–water partition coefficient (Wildman–Crippen LogP) is 5.24. The molecule has 199 valence electrons. The van der Waals surface area contributed by atoms with Crippen molar-refractivity contribution in [1.29, 1.82) is 0 Å². The van der Waals surface area contributed by atoms with E-state index in [0.29, 0.717) is 0 Å². The average Bonchev–Trinajstić information content (AvgIpc) is 3.71. The Bertz CT molecular complexity index is 1670. The van der Waals surface area contributed by atoms with Crippen LogP contribution >= 0.6 is 0 Å². The van der Waals surface area contributed by atoms with Gasteiger partial charge in [0.15, 0.2) is 0 Å². The van der Waals surface area contributed by atoms with E-state index in [0.717, 1.165) is 47.1 Å². The molecule has 3 aliphatic rings. The molecule has 0 atom stereocenters. The van der Waals surface area contributed by atoms with Gasteiger partial charge in [-0.2, -0.15) is 0 Å². The number of anilines is 1. The number of aromatic nitrogens is 4. The minimum atomic E-state index is 0.111. The fraction of sp³-hybridized carbons (Fsp3) is 0.281. The summed E-state index contributed by atoms with van der Waals surface area (Å²) in [4.78, 5) is 2.33. The van der Waals surface area contributed by atoms with Gasteiger partial charge in [-0.25, -0.2) is 4.68 Å². The lowest BCUT2D eigenvalue weighted by molar-refractivity contribution is -0.539. The molecule has 8 heteroatoms. The van der Waals surface area contributed by atoms with Gasteiger partial charge in [-0.3, -0.25) is 9.39 Å². The van der Waals surface area contributed by atoms with Crippen LogP contribution in [0.5, 0.6) is 0 Å². The van der Waals surface area contributed by atoms with Gasteiger partial charge < -0.3 is 10.2 Å². The van der Waals surface area contributed by atoms with E-state index in [4.69, 9.17) is 5.73 Å². The molecule has 0 unspecified atom stereocenters. The third-order valence-corrected chi connectivity index (χ3v) is 8.19. The normalized spacial score (nSPS) is 16.8. The van der Waals surface area contributed by atoms with Crippen LogP contribution in [0.15, 0.2) is 84.7 Å². The van der Waals surface area contributed by atoms with E-state index in [1.54, 1.807) is 0 Å². The molecular weight excluding hydrogens is 493 g/mol. The van der Waals surface area contributed by atoms with Crippen molar-refractivity contribution in [1.82, 2.24) is 24.3 Å². The number of allylic oxidation sites excluding steroid dienone is 1. The van der Waals surface area contributed by atoms with Crippen LogP contribution in [0.25, 0.3) is 22.6 Å². The monoisotopic (exact) mass is 527 g/mol. The number of nitrogens with two attached hydrogens (primary N) is 1. The van der Waals surface area contributed by atoms with E-state index in [-0.39, 0.29) is 5.41 Å². The van der Waals surface area contributed by atoms with Crippen molar-refractivity contribution in [3.05, 3.63) is 102 Å². The number of fused-ring (bicyclic) bond motifs is 2. The van der Waals surface area contributed by atoms with Gasteiger partial charge in [0.25, 0.3) is 5.84 Å². The first-order chi connectivity index (χ1) is 19.4. The molecular formula is C32H34BN7+. The summed E-state index contributed by atoms with van der Waals surface area (Å²) in [6.07, 6.45) is 10.3. The molecule has 1 saturated heterocycles. The van der Waals surface area contributed by atoms with Gasteiger partial charge >= 0.3 is 7.55 Å². The van der Waals surface area contributed by atoms with Crippen molar-refractivity contribution in [2.24, 2.45) is 0 Å². The lowest BCUT2D eigenvalue weighted by Gasteiger charge is -2.27. The number of hydrogen-bond acceptors (Lipinski definition) is 3. The Morgan fingerprint density at radius 1 is 0.850 bits per heavy atom. The van der Waals surface area contributed by atoms with Crippen LogP contribution in [0.4, 0.5) is 5.69 Å². The lowest BCUT2D eigenvalue weighted by atomic mass is 9.86. The summed E-state index contributed by atoms with van der Waals surface area (Å²) in [5.74, 6) is 2.17. The minimum Gasteiger partial charge on any atom is -0.399 e. The molecule has 0 amide bonds. The van der Waals surface area contributed by atoms with Crippen molar-refractivity contribution in [3.63, 3.8) is 0 Å². The zero-order valence-electron chi connectivity index (χ0n) is 23.4. The van der Waals surface area contributed by atoms with Crippen molar-refractivity contribution < 1.29 is 4.58 Å². The number of rotatable bonds is 3. The summed E-state index contributed by atoms with van der Waals surface area (Å²) in [5, 5.41) is 9.11. The molecule has 0 aliphatic carbocycles. The van der Waals surface area contributed by atoms with Crippen molar-refractivity contribution in [2.75, 3.05) is 18.8 Å². The van der Waals surface area contributed by atoms with Crippen LogP contribution in [0, 0.1) is 0 Å². The predicted molar refractivity (Wildman–Crippen MR) is 161 cm³/mol. The molecule has 1 fully saturated rings. The van der Waals surface area contributed by atoms with E-state index in [9.17, 15) is 0 Å². The SMILES string of the molecule is CC(C)(C)c1ccc(-c2cn(-c3ccc4n3[B]N3C(=C4c4ccc(N)cc4)C=CC3=[N+]3CCCCC3)nn2)cc1. The molecule has 7 nitrogen and oxygen atoms in total. The molecule has 40 heavy (non-hydrogen) atoms. The number of nitrogens with zero attached hydrogens (tertiary/aromatic N) is 6. The quantitative estimate of drug-likeness (QED) is 0.225. The molecule has 3 aliphatic heterocycles. The summed E-state index contributed by atoms with van der Waals surface area (Å²) < 4.78 is 6.61. The summed E-state index contributed by atoms with van der Waals surface area (Å²) in [5.41, 5.74) is 14.7. The van der Waals surface area contributed by atoms with Gasteiger partial charge in [0, 0.05) is 28.6 Å². The third kappa shape index (κ3) is 4.19. The van der Waals surface area contributed by atoms with Crippen LogP contribution in [0.1, 0.15) is 56.9 Å². The van der Waals surface area contributed by atoms with Crippen molar-refractivity contribution >= 4 is 24.6 Å². The topological polar surface area (TPSA) is 67.9 Å². The van der Waals surface area contributed by atoms with Crippen LogP contribution < -0.4 is 5.73 Å². The Kier molecular flexibility index (Phi) is 5.80. The molecule has 0 saturated carbocycles. The van der Waals surface area contributed by atoms with E-state index < -0.39 is 0 Å². The maximum Gasteiger partial charge on any atom is 0.553 e. The highest BCUT2D eigenvalue weighted by Gasteiger charge is 2.40. The summed E-state index contributed by atoms with van der Waals surface area (Å²) >= 11 is 0. The van der Waals surface area contributed by atoms with Crippen LogP contribution in [0.3, 0.4) is 0 Å². The van der Waals surface area contributed by atoms with Crippen LogP contribution in [0.2, 0.25) is 0 Å². The van der Waals surface area contributed by atoms with E-state index in [1.807, 2.05) is 23.0 Å². The molecule has 5 heterocycles. The second-order valence-electron chi connectivity index (χ2n) is 11.9. The maximum atomic E-state index is 6.06. The largest absolute Gasteiger partial charge is 0.553 e. The molecule has 7 rings (SSSR count). The first-order valence-electron chi connectivity index (χ1n) is 14.2. The first kappa shape index (κ1) is 24.7. The number of piperidine rings is 1. The van der Waals surface area contributed by atoms with Crippen LogP contribution in [-0.4, -0.2) is 55.3 Å². The number of amidine groups is 1. The maximum absolute atomic E-state index is 6.06. The molecule has 0 spiro atoms. The standard InChI is InChI=1S/C32H33BN7/c1-32(2,3)24-11-7-22(8-12-24)26-21-38(36-35-26)30-18-16-28-31(23-9-13-25(34)14-10-23)27-15-17-29(39(27)33-40(28)30)37-19-5-4-6-20-37/h7-18,21,34H,4-6,19-20H2,1-3H3/p+1. The van der Waals surface area contributed by atoms with Gasteiger partial charge in [-0.15, -0.1) is 5.10 Å². The Hall–Kier alpha value is -4.33. The highest BCUT2D eigenvalue weighted by Crippen LogP contribution is 2.37. The van der Waals surface area contributed by atoms with Gasteiger partial charge in [0.2, 0.25) is 0 Å². The van der Waals surface area contributed by atoms with E-state index in [1.165, 1.54) is 41.9 Å². The summed E-state index contributed by atoms with van der Waals surface area (Å²) in [6.45, 7) is 8.86. The average molecular weight is 527 g/mol. The molecule has 2 aromatic carbocycles. The fourth-order valence-corrected chi connectivity index (χ4v) is 5.93. The highest BCUT2D eigenvalue weighted by molar-refractivity contribution is 6.40. The van der Waals surface area contributed by atoms with Gasteiger partial charge in [0.1, 0.15) is 17.2 Å². The zero-order valence-corrected chi connectivity index (χ0v) is 23.4. The molecule has 4 aromatic rings. The van der Waals surface area contributed by atoms with Gasteiger partial charge in [0.05, 0.1) is 19.3 Å². The Morgan fingerprint density at radius 3 is 2.30 bits per heavy atom. The number of hydrogen-bond donors (Lipinski definition) is 1. The number of nitrogen functional groups attached to an aromatic ring is 1. The smallest absolute Gasteiger partial charge is 0.399 e.